The van der Waals surface area contributed by atoms with E-state index in [1.807, 2.05) is 0 Å². The number of hydrogen-bond acceptors (Lipinski definition) is 0. The van der Waals surface area contributed by atoms with E-state index in [1.54, 1.807) is 23.2 Å². The van der Waals surface area contributed by atoms with Crippen molar-refractivity contribution in [3.63, 3.8) is 0 Å². The van der Waals surface area contributed by atoms with E-state index >= 15 is 0 Å². The van der Waals surface area contributed by atoms with Crippen LogP contribution in [0, 0.1) is 39.0 Å². The maximum atomic E-state index is 2.68. The van der Waals surface area contributed by atoms with Crippen LogP contribution in [0.2, 0.25) is 0 Å². The third kappa shape index (κ3) is 6.00. The molecule has 0 radical (unpaired) electrons. The van der Waals surface area contributed by atoms with Crippen molar-refractivity contribution >= 4 is 3.21 Å². The number of halogens is 2. The third-order valence-corrected chi connectivity index (χ3v) is 17.5. The predicted octanol–water partition coefficient (Wildman–Crippen LogP) is 4.14. The topological polar surface area (TPSA) is 0 Å². The molecule has 0 heterocycles. The summed E-state index contributed by atoms with van der Waals surface area (Å²) in [4.78, 5) is 0. The van der Waals surface area contributed by atoms with E-state index in [9.17, 15) is 0 Å². The maximum Gasteiger partial charge on any atom is -1.00 e. The summed E-state index contributed by atoms with van der Waals surface area (Å²) in [6.45, 7) is 21.2. The summed E-state index contributed by atoms with van der Waals surface area (Å²) in [5, 5.41) is 0. The quantitative estimate of drug-likeness (QED) is 0.390. The first-order valence-corrected chi connectivity index (χ1v) is 18.3. The fourth-order valence-electron chi connectivity index (χ4n) is 6.47. The Morgan fingerprint density at radius 1 is 0.775 bits per heavy atom. The van der Waals surface area contributed by atoms with E-state index in [0.29, 0.717) is 9.54 Å². The van der Waals surface area contributed by atoms with Crippen LogP contribution in [-0.4, -0.2) is 3.21 Å². The summed E-state index contributed by atoms with van der Waals surface area (Å²) in [6, 6.07) is 21.4. The zero-order chi connectivity index (χ0) is 27.4. The van der Waals surface area contributed by atoms with Crippen LogP contribution in [0.15, 0.2) is 75.6 Å². The van der Waals surface area contributed by atoms with Crippen molar-refractivity contribution in [2.24, 2.45) is 11.3 Å². The van der Waals surface area contributed by atoms with Gasteiger partial charge in [-0.2, -0.15) is 0 Å². The molecular weight excluding hydrogens is 607 g/mol. The first kappa shape index (κ1) is 33.0. The molecule has 0 spiro atoms. The average molecular weight is 651 g/mol. The number of hydrogen-bond donors (Lipinski definition) is 0. The van der Waals surface area contributed by atoms with Crippen molar-refractivity contribution in [1.82, 2.24) is 0 Å². The van der Waals surface area contributed by atoms with Crippen molar-refractivity contribution in [3.8, 4) is 11.1 Å². The molecule has 0 saturated heterocycles. The van der Waals surface area contributed by atoms with Crippen molar-refractivity contribution < 1.29 is 46.1 Å². The van der Waals surface area contributed by atoms with E-state index in [4.69, 9.17) is 0 Å². The van der Waals surface area contributed by atoms with Gasteiger partial charge in [0.1, 0.15) is 0 Å². The average Bonchev–Trinajstić information content (AvgIpc) is 3.41. The van der Waals surface area contributed by atoms with Crippen LogP contribution >= 0.6 is 0 Å². The summed E-state index contributed by atoms with van der Waals surface area (Å²) >= 11 is -2.51. The van der Waals surface area contributed by atoms with Gasteiger partial charge in [-0.1, -0.05) is 0 Å². The molecule has 0 saturated carbocycles. The van der Waals surface area contributed by atoms with Crippen LogP contribution in [0.25, 0.3) is 11.1 Å². The van der Waals surface area contributed by atoms with Crippen LogP contribution in [0.3, 0.4) is 0 Å². The molecule has 3 heteroatoms. The third-order valence-electron chi connectivity index (χ3n) is 9.01. The molecule has 0 nitrogen and oxygen atoms in total. The summed E-state index contributed by atoms with van der Waals surface area (Å²) < 4.78 is 4.00. The van der Waals surface area contributed by atoms with Crippen LogP contribution in [0.5, 0.6) is 0 Å². The second-order valence-corrected chi connectivity index (χ2v) is 19.5. The van der Waals surface area contributed by atoms with Crippen molar-refractivity contribution in [2.45, 2.75) is 78.8 Å². The summed E-state index contributed by atoms with van der Waals surface area (Å²) in [5.74, 6) is 0.577. The molecule has 0 aromatic heterocycles. The molecule has 3 aromatic rings. The van der Waals surface area contributed by atoms with Crippen LogP contribution in [-0.2, 0) is 21.3 Å². The van der Waals surface area contributed by atoms with E-state index in [1.165, 1.54) is 51.8 Å². The molecule has 0 aliphatic heterocycles. The van der Waals surface area contributed by atoms with E-state index in [-0.39, 0.29) is 30.2 Å². The van der Waals surface area contributed by atoms with Gasteiger partial charge < -0.3 is 24.8 Å². The number of rotatable bonds is 5. The van der Waals surface area contributed by atoms with Crippen molar-refractivity contribution in [2.75, 3.05) is 0 Å². The Labute approximate surface area is 263 Å². The Kier molecular flexibility index (Phi) is 10.5. The monoisotopic (exact) mass is 648 g/mol. The van der Waals surface area contributed by atoms with E-state index in [0.717, 1.165) is 0 Å². The first-order chi connectivity index (χ1) is 18.0. The maximum absolute atomic E-state index is 2.68. The van der Waals surface area contributed by atoms with Gasteiger partial charge in [-0.3, -0.25) is 0 Å². The Balaban J connectivity index is 0.00000220. The number of benzene rings is 3. The molecule has 0 amide bonds. The van der Waals surface area contributed by atoms with Crippen LogP contribution < -0.4 is 24.8 Å². The van der Waals surface area contributed by atoms with Gasteiger partial charge in [0, 0.05) is 0 Å². The molecular formula is C37H44Cl2Zr. The summed E-state index contributed by atoms with van der Waals surface area (Å²) in [6.07, 6.45) is 7.81. The number of allylic oxidation sites excluding steroid dienone is 4. The molecule has 40 heavy (non-hydrogen) atoms. The van der Waals surface area contributed by atoms with Gasteiger partial charge >= 0.3 is 240 Å². The Morgan fingerprint density at radius 2 is 1.27 bits per heavy atom. The van der Waals surface area contributed by atoms with E-state index < -0.39 is 21.3 Å². The number of aryl methyl sites for hydroxylation is 4. The standard InChI is InChI=1S/C17H17.C12H19.C8H8.2ClH.Zr/c1-10-5-14-9-15-6-11(2)13(4)8-17(15)16(14)7-12(10)3;1-5-6-10-7-8-11(9-10)12(2,3)4;1-2-8-6-4-3-5-7-8;;;/h5-9H,1-4H3;8-10H,5-6H2,1-4H3;3-7H,1H3;2*1H;/q;;;;;+2/p-2. The molecule has 0 fully saturated rings. The van der Waals surface area contributed by atoms with Crippen LogP contribution in [0.1, 0.15) is 90.0 Å². The van der Waals surface area contributed by atoms with Gasteiger partial charge in [0.2, 0.25) is 0 Å². The fraction of sp³-hybridized carbons (Fsp3) is 0.378. The molecule has 2 aliphatic carbocycles. The zero-order valence-electron chi connectivity index (χ0n) is 25.7. The molecule has 0 bridgehead atoms. The van der Waals surface area contributed by atoms with Crippen molar-refractivity contribution in [1.29, 1.82) is 0 Å². The second kappa shape index (κ2) is 12.8. The minimum absolute atomic E-state index is 0. The SMILES string of the molecule is CCCC1C=C(C(C)(C)C)C=[C]1/[Zr+2](=[C](/C)c1ccccc1)[CH]1c2cc(C)c(C)cc2-c2cc(C)c(C)cc21.[Cl-].[Cl-]. The minimum atomic E-state index is -2.51. The second-order valence-electron chi connectivity index (χ2n) is 12.8. The Bertz CT molecular complexity index is 1440. The minimum Gasteiger partial charge on any atom is -1.00 e. The smallest absolute Gasteiger partial charge is 1.00 e. The Morgan fingerprint density at radius 3 is 1.75 bits per heavy atom. The van der Waals surface area contributed by atoms with Gasteiger partial charge in [0.05, 0.1) is 0 Å². The van der Waals surface area contributed by atoms with Gasteiger partial charge in [-0.15, -0.1) is 0 Å². The van der Waals surface area contributed by atoms with Crippen molar-refractivity contribution in [3.05, 3.63) is 115 Å². The molecule has 3 aromatic carbocycles. The normalized spacial score (nSPS) is 16.3. The molecule has 1 atom stereocenters. The fourth-order valence-corrected chi connectivity index (χ4v) is 15.6. The molecule has 0 N–H and O–H groups in total. The Hall–Kier alpha value is -1.53. The molecule has 210 valence electrons. The van der Waals surface area contributed by atoms with Gasteiger partial charge in [0.15, 0.2) is 0 Å². The van der Waals surface area contributed by atoms with E-state index in [2.05, 4.69) is 129 Å². The summed E-state index contributed by atoms with van der Waals surface area (Å²) in [5.41, 5.74) is 15.0. The van der Waals surface area contributed by atoms with Gasteiger partial charge in [0.25, 0.3) is 0 Å². The molecule has 2 aliphatic rings. The van der Waals surface area contributed by atoms with Crippen LogP contribution in [0.4, 0.5) is 0 Å². The summed E-state index contributed by atoms with van der Waals surface area (Å²) in [7, 11) is 0. The largest absolute Gasteiger partial charge is 1.00 e. The number of fused-ring (bicyclic) bond motifs is 3. The van der Waals surface area contributed by atoms with Gasteiger partial charge in [-0.25, -0.2) is 0 Å². The molecule has 5 rings (SSSR count). The van der Waals surface area contributed by atoms with Gasteiger partial charge in [-0.05, 0) is 0 Å². The molecule has 1 unspecified atom stereocenters. The predicted molar refractivity (Wildman–Crippen MR) is 163 cm³/mol. The zero-order valence-corrected chi connectivity index (χ0v) is 29.6. The first-order valence-electron chi connectivity index (χ1n) is 14.4.